The Morgan fingerprint density at radius 1 is 1.10 bits per heavy atom. The van der Waals surface area contributed by atoms with Crippen molar-refractivity contribution in [1.29, 1.82) is 0 Å². The largest absolute Gasteiger partial charge is 0.358 e. The first-order valence-corrected chi connectivity index (χ1v) is 6.83. The summed E-state index contributed by atoms with van der Waals surface area (Å²) in [7, 11) is 0. The van der Waals surface area contributed by atoms with Crippen molar-refractivity contribution in [3.8, 4) is 0 Å². The zero-order valence-corrected chi connectivity index (χ0v) is 12.4. The smallest absolute Gasteiger partial charge is 0.171 e. The fraction of sp³-hybridized carbons (Fsp3) is 0.188. The van der Waals surface area contributed by atoms with Crippen molar-refractivity contribution in [2.24, 2.45) is 0 Å². The van der Waals surface area contributed by atoms with Gasteiger partial charge in [-0.2, -0.15) is 0 Å². The summed E-state index contributed by atoms with van der Waals surface area (Å²) in [6, 6.07) is 12.7. The molecule has 2 aromatic carbocycles. The fourth-order valence-corrected chi connectivity index (χ4v) is 2.05. The minimum absolute atomic E-state index is 0.227. The molecule has 0 amide bonds. The second kappa shape index (κ2) is 6.48. The van der Waals surface area contributed by atoms with Crippen LogP contribution in [0.25, 0.3) is 0 Å². The van der Waals surface area contributed by atoms with Crippen LogP contribution in [0.3, 0.4) is 0 Å². The van der Waals surface area contributed by atoms with Gasteiger partial charge in [0, 0.05) is 17.8 Å². The lowest BCUT2D eigenvalue weighted by atomic mass is 10.1. The van der Waals surface area contributed by atoms with E-state index in [9.17, 15) is 4.39 Å². The van der Waals surface area contributed by atoms with Crippen LogP contribution in [0.1, 0.15) is 16.7 Å². The van der Waals surface area contributed by atoms with Crippen molar-refractivity contribution in [2.75, 3.05) is 5.32 Å². The molecule has 0 saturated heterocycles. The SMILES string of the molecule is Cc1cccc(NC(=S)NCc2ccccc2F)c1C. The molecule has 20 heavy (non-hydrogen) atoms. The molecule has 2 aromatic rings. The Morgan fingerprint density at radius 3 is 2.60 bits per heavy atom. The Bertz CT molecular complexity index is 626. The normalized spacial score (nSPS) is 10.2. The summed E-state index contributed by atoms with van der Waals surface area (Å²) in [5.41, 5.74) is 3.92. The summed E-state index contributed by atoms with van der Waals surface area (Å²) in [4.78, 5) is 0. The van der Waals surface area contributed by atoms with E-state index < -0.39 is 0 Å². The number of aryl methyl sites for hydroxylation is 1. The number of nitrogens with one attached hydrogen (secondary N) is 2. The minimum atomic E-state index is -0.227. The maximum atomic E-state index is 13.5. The third-order valence-corrected chi connectivity index (χ3v) is 3.50. The average molecular weight is 288 g/mol. The standard InChI is InChI=1S/C16H17FN2S/c1-11-6-5-9-15(12(11)2)19-16(20)18-10-13-7-3-4-8-14(13)17/h3-9H,10H2,1-2H3,(H2,18,19,20). The highest BCUT2D eigenvalue weighted by Gasteiger charge is 2.04. The molecule has 0 aliphatic rings. The molecule has 4 heteroatoms. The molecule has 2 nitrogen and oxygen atoms in total. The van der Waals surface area contributed by atoms with Gasteiger partial charge in [0.1, 0.15) is 5.82 Å². The van der Waals surface area contributed by atoms with Crippen molar-refractivity contribution in [1.82, 2.24) is 5.32 Å². The lowest BCUT2D eigenvalue weighted by Crippen LogP contribution is -2.28. The van der Waals surface area contributed by atoms with Crippen LogP contribution in [0.2, 0.25) is 0 Å². The number of thiocarbonyl (C=S) groups is 1. The van der Waals surface area contributed by atoms with E-state index in [2.05, 4.69) is 23.6 Å². The first-order valence-electron chi connectivity index (χ1n) is 6.42. The van der Waals surface area contributed by atoms with Crippen molar-refractivity contribution in [3.63, 3.8) is 0 Å². The van der Waals surface area contributed by atoms with Crippen LogP contribution in [0.15, 0.2) is 42.5 Å². The molecule has 0 aliphatic carbocycles. The Hall–Kier alpha value is -1.94. The zero-order valence-electron chi connectivity index (χ0n) is 11.5. The lowest BCUT2D eigenvalue weighted by molar-refractivity contribution is 0.606. The maximum Gasteiger partial charge on any atom is 0.171 e. The van der Waals surface area contributed by atoms with Gasteiger partial charge in [-0.1, -0.05) is 30.3 Å². The van der Waals surface area contributed by atoms with Crippen LogP contribution in [-0.4, -0.2) is 5.11 Å². The van der Waals surface area contributed by atoms with Gasteiger partial charge >= 0.3 is 0 Å². The molecule has 0 bridgehead atoms. The molecule has 2 N–H and O–H groups in total. The maximum absolute atomic E-state index is 13.5. The number of hydrogen-bond donors (Lipinski definition) is 2. The molecule has 0 radical (unpaired) electrons. The number of rotatable bonds is 3. The first-order chi connectivity index (χ1) is 9.58. The molecule has 0 aromatic heterocycles. The molecule has 2 rings (SSSR count). The van der Waals surface area contributed by atoms with Gasteiger partial charge in [-0.05, 0) is 49.3 Å². The van der Waals surface area contributed by atoms with Crippen LogP contribution < -0.4 is 10.6 Å². The quantitative estimate of drug-likeness (QED) is 0.837. The van der Waals surface area contributed by atoms with Gasteiger partial charge in [0.2, 0.25) is 0 Å². The van der Waals surface area contributed by atoms with Gasteiger partial charge in [-0.3, -0.25) is 0 Å². The van der Waals surface area contributed by atoms with Crippen molar-refractivity contribution < 1.29 is 4.39 Å². The highest BCUT2D eigenvalue weighted by atomic mass is 32.1. The number of halogens is 1. The highest BCUT2D eigenvalue weighted by molar-refractivity contribution is 7.80. The van der Waals surface area contributed by atoms with Crippen LogP contribution >= 0.6 is 12.2 Å². The monoisotopic (exact) mass is 288 g/mol. The molecular formula is C16H17FN2S. The molecule has 0 spiro atoms. The summed E-state index contributed by atoms with van der Waals surface area (Å²) in [5.74, 6) is -0.227. The molecule has 0 aliphatic heterocycles. The second-order valence-electron chi connectivity index (χ2n) is 4.65. The predicted octanol–water partition coefficient (Wildman–Crippen LogP) is 3.93. The van der Waals surface area contributed by atoms with Crippen LogP contribution in [0.4, 0.5) is 10.1 Å². The van der Waals surface area contributed by atoms with E-state index in [0.29, 0.717) is 17.2 Å². The lowest BCUT2D eigenvalue weighted by Gasteiger charge is -2.14. The van der Waals surface area contributed by atoms with Gasteiger partial charge in [0.15, 0.2) is 5.11 Å². The molecule has 0 saturated carbocycles. The average Bonchev–Trinajstić information content (AvgIpc) is 2.43. The Labute approximate surface area is 124 Å². The predicted molar refractivity (Wildman–Crippen MR) is 85.4 cm³/mol. The number of hydrogen-bond acceptors (Lipinski definition) is 1. The highest BCUT2D eigenvalue weighted by Crippen LogP contribution is 2.17. The van der Waals surface area contributed by atoms with Gasteiger partial charge in [-0.15, -0.1) is 0 Å². The van der Waals surface area contributed by atoms with Gasteiger partial charge in [0.05, 0.1) is 0 Å². The Morgan fingerprint density at radius 2 is 1.85 bits per heavy atom. The first kappa shape index (κ1) is 14.5. The summed E-state index contributed by atoms with van der Waals surface area (Å²) in [6.07, 6.45) is 0. The van der Waals surface area contributed by atoms with E-state index in [1.165, 1.54) is 11.6 Å². The van der Waals surface area contributed by atoms with Crippen LogP contribution in [0.5, 0.6) is 0 Å². The molecule has 0 unspecified atom stereocenters. The van der Waals surface area contributed by atoms with Gasteiger partial charge in [0.25, 0.3) is 0 Å². The Balaban J connectivity index is 1.96. The molecular weight excluding hydrogens is 271 g/mol. The van der Waals surface area contributed by atoms with E-state index in [1.54, 1.807) is 18.2 Å². The molecule has 0 heterocycles. The topological polar surface area (TPSA) is 24.1 Å². The van der Waals surface area contributed by atoms with E-state index in [1.807, 2.05) is 19.1 Å². The molecule has 0 atom stereocenters. The van der Waals surface area contributed by atoms with E-state index >= 15 is 0 Å². The van der Waals surface area contributed by atoms with Crippen LogP contribution in [0, 0.1) is 19.7 Å². The van der Waals surface area contributed by atoms with Crippen molar-refractivity contribution in [3.05, 3.63) is 65.0 Å². The zero-order chi connectivity index (χ0) is 14.5. The number of anilines is 1. The van der Waals surface area contributed by atoms with Gasteiger partial charge < -0.3 is 10.6 Å². The summed E-state index contributed by atoms with van der Waals surface area (Å²) in [5, 5.41) is 6.64. The summed E-state index contributed by atoms with van der Waals surface area (Å²) < 4.78 is 13.5. The third-order valence-electron chi connectivity index (χ3n) is 3.25. The Kier molecular flexibility index (Phi) is 4.69. The van der Waals surface area contributed by atoms with E-state index in [0.717, 1.165) is 11.3 Å². The second-order valence-corrected chi connectivity index (χ2v) is 5.05. The van der Waals surface area contributed by atoms with Crippen LogP contribution in [-0.2, 0) is 6.54 Å². The molecule has 0 fully saturated rings. The van der Waals surface area contributed by atoms with E-state index in [-0.39, 0.29) is 5.82 Å². The van der Waals surface area contributed by atoms with E-state index in [4.69, 9.17) is 12.2 Å². The van der Waals surface area contributed by atoms with Crippen molar-refractivity contribution in [2.45, 2.75) is 20.4 Å². The fourth-order valence-electron chi connectivity index (χ4n) is 1.87. The van der Waals surface area contributed by atoms with Gasteiger partial charge in [-0.25, -0.2) is 4.39 Å². The minimum Gasteiger partial charge on any atom is -0.358 e. The third kappa shape index (κ3) is 3.54. The summed E-state index contributed by atoms with van der Waals surface area (Å²) >= 11 is 5.24. The number of benzene rings is 2. The molecule has 104 valence electrons. The van der Waals surface area contributed by atoms with Crippen molar-refractivity contribution >= 4 is 23.0 Å². The summed E-state index contributed by atoms with van der Waals surface area (Å²) in [6.45, 7) is 4.46.